The Morgan fingerprint density at radius 3 is 2.54 bits per heavy atom. The van der Waals surface area contributed by atoms with Gasteiger partial charge in [-0.05, 0) is 56.0 Å². The van der Waals surface area contributed by atoms with Gasteiger partial charge in [0.05, 0.1) is 5.84 Å². The second-order valence-corrected chi connectivity index (χ2v) is 7.49. The van der Waals surface area contributed by atoms with Gasteiger partial charge in [0.1, 0.15) is 0 Å². The quantitative estimate of drug-likeness (QED) is 0.724. The van der Waals surface area contributed by atoms with Crippen molar-refractivity contribution in [3.8, 4) is 0 Å². The Morgan fingerprint density at radius 1 is 1.08 bits per heavy atom. The minimum absolute atomic E-state index is 0.131. The lowest BCUT2D eigenvalue weighted by molar-refractivity contribution is 0.0982. The molecule has 0 bridgehead atoms. The predicted octanol–water partition coefficient (Wildman–Crippen LogP) is 5.05. The molecule has 0 unspecified atom stereocenters. The summed E-state index contributed by atoms with van der Waals surface area (Å²) < 4.78 is 0. The minimum Gasteiger partial charge on any atom is -0.370 e. The Bertz CT molecular complexity index is 822. The first-order valence-electron chi connectivity index (χ1n) is 9.16. The van der Waals surface area contributed by atoms with Crippen molar-refractivity contribution in [3.05, 3.63) is 69.2 Å². The number of aliphatic imine (C=N–C) groups is 1. The number of nitrogens with one attached hydrogen (secondary N) is 1. The zero-order valence-corrected chi connectivity index (χ0v) is 16.2. The number of hydrogen-bond donors (Lipinski definition) is 1. The Hall–Kier alpha value is -2.13. The highest BCUT2D eigenvalue weighted by atomic mass is 35.5. The first kappa shape index (κ1) is 18.7. The van der Waals surface area contributed by atoms with Crippen LogP contribution in [0.25, 0.3) is 0 Å². The molecule has 1 heterocycles. The summed E-state index contributed by atoms with van der Waals surface area (Å²) in [5.74, 6) is 1.18. The number of hydrogen-bond acceptors (Lipinski definition) is 3. The number of halogens is 1. The smallest absolute Gasteiger partial charge is 0.163 e. The van der Waals surface area contributed by atoms with Crippen molar-refractivity contribution in [1.29, 1.82) is 0 Å². The van der Waals surface area contributed by atoms with Crippen LogP contribution in [0.2, 0.25) is 5.02 Å². The molecule has 0 spiro atoms. The van der Waals surface area contributed by atoms with E-state index in [0.29, 0.717) is 23.6 Å². The predicted molar refractivity (Wildman–Crippen MR) is 108 cm³/mol. The summed E-state index contributed by atoms with van der Waals surface area (Å²) in [6, 6.07) is 12.1. The summed E-state index contributed by atoms with van der Waals surface area (Å²) in [5.41, 5.74) is 5.38. The van der Waals surface area contributed by atoms with Gasteiger partial charge in [0.25, 0.3) is 0 Å². The first-order chi connectivity index (χ1) is 12.5. The molecule has 3 rings (SSSR count). The van der Waals surface area contributed by atoms with E-state index in [9.17, 15) is 4.79 Å². The number of Topliss-reactive ketones (excluding diaryl/α,β-unsaturated/α-hetero) is 1. The molecule has 136 valence electrons. The maximum absolute atomic E-state index is 12.6. The molecule has 0 radical (unpaired) electrons. The minimum atomic E-state index is 0.131. The lowest BCUT2D eigenvalue weighted by Crippen LogP contribution is -2.20. The molecule has 0 amide bonds. The third-order valence-electron chi connectivity index (χ3n) is 4.57. The van der Waals surface area contributed by atoms with Gasteiger partial charge in [-0.1, -0.05) is 40.9 Å². The summed E-state index contributed by atoms with van der Waals surface area (Å²) >= 11 is 6.24. The average Bonchev–Trinajstić information content (AvgIpc) is 3.10. The summed E-state index contributed by atoms with van der Waals surface area (Å²) in [6.07, 6.45) is 3.35. The lowest BCUT2D eigenvalue weighted by Gasteiger charge is -2.09. The van der Waals surface area contributed by atoms with Crippen molar-refractivity contribution in [2.45, 2.75) is 46.1 Å². The lowest BCUT2D eigenvalue weighted by atomic mass is 9.99. The van der Waals surface area contributed by atoms with Crippen LogP contribution in [0.15, 0.2) is 41.4 Å². The van der Waals surface area contributed by atoms with E-state index >= 15 is 0 Å². The van der Waals surface area contributed by atoms with Gasteiger partial charge in [-0.2, -0.15) is 0 Å². The van der Waals surface area contributed by atoms with Crippen LogP contribution in [-0.2, 0) is 13.0 Å². The van der Waals surface area contributed by atoms with Crippen molar-refractivity contribution < 1.29 is 4.79 Å². The molecule has 0 aliphatic carbocycles. The topological polar surface area (TPSA) is 41.5 Å². The third kappa shape index (κ3) is 5.18. The van der Waals surface area contributed by atoms with Crippen LogP contribution in [0.1, 0.15) is 51.9 Å². The Morgan fingerprint density at radius 2 is 1.85 bits per heavy atom. The first-order valence-corrected chi connectivity index (χ1v) is 9.54. The molecule has 0 atom stereocenters. The second-order valence-electron chi connectivity index (χ2n) is 7.05. The number of amidine groups is 1. The van der Waals surface area contributed by atoms with E-state index in [4.69, 9.17) is 11.6 Å². The van der Waals surface area contributed by atoms with Gasteiger partial charge in [-0.15, -0.1) is 0 Å². The highest BCUT2D eigenvalue weighted by Crippen LogP contribution is 2.19. The normalized spacial score (nSPS) is 13.6. The van der Waals surface area contributed by atoms with E-state index in [1.807, 2.05) is 12.1 Å². The summed E-state index contributed by atoms with van der Waals surface area (Å²) in [4.78, 5) is 17.1. The van der Waals surface area contributed by atoms with Crippen LogP contribution < -0.4 is 5.32 Å². The fourth-order valence-electron chi connectivity index (χ4n) is 3.42. The van der Waals surface area contributed by atoms with Crippen LogP contribution in [-0.4, -0.2) is 18.2 Å². The van der Waals surface area contributed by atoms with Crippen LogP contribution in [0.5, 0.6) is 0 Å². The van der Waals surface area contributed by atoms with Gasteiger partial charge in [0, 0.05) is 36.5 Å². The molecule has 2 aromatic carbocycles. The van der Waals surface area contributed by atoms with Gasteiger partial charge in [0.15, 0.2) is 5.78 Å². The zero-order valence-electron chi connectivity index (χ0n) is 15.4. The van der Waals surface area contributed by atoms with Crippen molar-refractivity contribution in [1.82, 2.24) is 5.32 Å². The fraction of sp³-hybridized carbons (Fsp3) is 0.364. The van der Waals surface area contributed by atoms with Gasteiger partial charge >= 0.3 is 0 Å². The molecule has 0 aromatic heterocycles. The Balaban J connectivity index is 1.64. The van der Waals surface area contributed by atoms with Crippen molar-refractivity contribution >= 4 is 23.2 Å². The highest BCUT2D eigenvalue weighted by molar-refractivity contribution is 6.31. The number of carbonyl (C=O) groups is 1. The van der Waals surface area contributed by atoms with Crippen LogP contribution in [0.4, 0.5) is 0 Å². The molecule has 1 N–H and O–H groups in total. The van der Waals surface area contributed by atoms with Gasteiger partial charge in [0.2, 0.25) is 0 Å². The summed E-state index contributed by atoms with van der Waals surface area (Å²) in [6.45, 7) is 5.73. The molecular formula is C22H25ClN2O. The van der Waals surface area contributed by atoms with E-state index in [2.05, 4.69) is 42.4 Å². The molecule has 1 aliphatic rings. The van der Waals surface area contributed by atoms with Crippen molar-refractivity contribution in [3.63, 3.8) is 0 Å². The zero-order chi connectivity index (χ0) is 18.5. The maximum Gasteiger partial charge on any atom is 0.163 e. The molecule has 2 aromatic rings. The number of aryl methyl sites for hydroxylation is 3. The van der Waals surface area contributed by atoms with E-state index in [1.54, 1.807) is 6.07 Å². The molecule has 1 aliphatic heterocycles. The third-order valence-corrected chi connectivity index (χ3v) is 4.79. The number of rotatable bonds is 6. The van der Waals surface area contributed by atoms with Crippen LogP contribution >= 0.6 is 11.6 Å². The van der Waals surface area contributed by atoms with Crippen LogP contribution in [0.3, 0.4) is 0 Å². The molecule has 3 nitrogen and oxygen atoms in total. The monoisotopic (exact) mass is 368 g/mol. The van der Waals surface area contributed by atoms with Crippen molar-refractivity contribution in [2.75, 3.05) is 6.54 Å². The van der Waals surface area contributed by atoms with Gasteiger partial charge < -0.3 is 5.32 Å². The SMILES string of the molecule is Cc1cc(C)cc(CCC(=O)c2cc(Cl)cc(CNC3=NCCC3)c2)c1. The number of benzene rings is 2. The van der Waals surface area contributed by atoms with Gasteiger partial charge in [-0.25, -0.2) is 0 Å². The summed E-state index contributed by atoms with van der Waals surface area (Å²) in [7, 11) is 0. The Labute approximate surface area is 160 Å². The molecule has 0 saturated heterocycles. The molecule has 26 heavy (non-hydrogen) atoms. The molecular weight excluding hydrogens is 344 g/mol. The van der Waals surface area contributed by atoms with E-state index in [0.717, 1.165) is 37.2 Å². The fourth-order valence-corrected chi connectivity index (χ4v) is 3.67. The largest absolute Gasteiger partial charge is 0.370 e. The molecule has 0 fully saturated rings. The van der Waals surface area contributed by atoms with Crippen molar-refractivity contribution in [2.24, 2.45) is 4.99 Å². The molecule has 0 saturated carbocycles. The standard InChI is InChI=1S/C22H25ClN2O/c1-15-8-16(2)10-17(9-15)5-6-21(26)19-11-18(12-20(23)13-19)14-25-22-4-3-7-24-22/h8-13H,3-7,14H2,1-2H3,(H,24,25). The Kier molecular flexibility index (Phi) is 6.10. The summed E-state index contributed by atoms with van der Waals surface area (Å²) in [5, 5.41) is 3.95. The second kappa shape index (κ2) is 8.50. The number of carbonyl (C=O) groups excluding carboxylic acids is 1. The molecule has 4 heteroatoms. The van der Waals surface area contributed by atoms with Crippen LogP contribution in [0, 0.1) is 13.8 Å². The highest BCUT2D eigenvalue weighted by Gasteiger charge is 2.11. The van der Waals surface area contributed by atoms with E-state index < -0.39 is 0 Å². The van der Waals surface area contributed by atoms with Gasteiger partial charge in [-0.3, -0.25) is 9.79 Å². The van der Waals surface area contributed by atoms with E-state index in [1.165, 1.54) is 16.7 Å². The number of nitrogens with zero attached hydrogens (tertiary/aromatic N) is 1. The maximum atomic E-state index is 12.6. The number of ketones is 1. The van der Waals surface area contributed by atoms with E-state index in [-0.39, 0.29) is 5.78 Å². The average molecular weight is 369 g/mol.